The van der Waals surface area contributed by atoms with Crippen LogP contribution in [0.15, 0.2) is 48.9 Å². The summed E-state index contributed by atoms with van der Waals surface area (Å²) in [5, 5.41) is 18.4. The molecule has 8 heteroatoms. The van der Waals surface area contributed by atoms with Crippen LogP contribution in [0.5, 0.6) is 0 Å². The molecule has 0 aromatic carbocycles. The molecule has 0 spiro atoms. The molecule has 0 atom stereocenters. The van der Waals surface area contributed by atoms with E-state index in [1.54, 1.807) is 17.1 Å². The number of aromatic nitrogens is 5. The van der Waals surface area contributed by atoms with E-state index in [0.717, 1.165) is 11.3 Å². The second-order valence-corrected chi connectivity index (χ2v) is 5.49. The number of rotatable bonds is 7. The van der Waals surface area contributed by atoms with Crippen LogP contribution in [-0.4, -0.2) is 37.4 Å². The van der Waals surface area contributed by atoms with Gasteiger partial charge in [-0.3, -0.25) is 9.78 Å². The van der Waals surface area contributed by atoms with Gasteiger partial charge in [0.1, 0.15) is 5.82 Å². The molecule has 0 unspecified atom stereocenters. The van der Waals surface area contributed by atoms with E-state index in [4.69, 9.17) is 0 Å². The van der Waals surface area contributed by atoms with E-state index < -0.39 is 0 Å². The van der Waals surface area contributed by atoms with E-state index in [-0.39, 0.29) is 5.91 Å². The highest BCUT2D eigenvalue weighted by Crippen LogP contribution is 2.06. The van der Waals surface area contributed by atoms with Gasteiger partial charge in [0.25, 0.3) is 0 Å². The van der Waals surface area contributed by atoms with Gasteiger partial charge in [0.15, 0.2) is 5.82 Å². The Hall–Kier alpha value is -3.29. The van der Waals surface area contributed by atoms with Gasteiger partial charge >= 0.3 is 0 Å². The molecule has 3 heterocycles. The Kier molecular flexibility index (Phi) is 5.30. The number of nitrogens with one attached hydrogen (secondary N) is 2. The van der Waals surface area contributed by atoms with Crippen molar-refractivity contribution in [3.8, 4) is 5.82 Å². The van der Waals surface area contributed by atoms with E-state index in [0.29, 0.717) is 31.1 Å². The molecule has 0 saturated heterocycles. The van der Waals surface area contributed by atoms with Crippen molar-refractivity contribution in [2.24, 2.45) is 0 Å². The first-order valence-electron chi connectivity index (χ1n) is 7.96. The summed E-state index contributed by atoms with van der Waals surface area (Å²) in [7, 11) is 0. The summed E-state index contributed by atoms with van der Waals surface area (Å²) in [5.74, 6) is 1.24. The smallest absolute Gasteiger partial charge is 0.222 e. The number of carbonyl (C=O) groups is 1. The van der Waals surface area contributed by atoms with Crippen molar-refractivity contribution in [1.82, 2.24) is 30.3 Å². The number of amides is 1. The molecule has 0 fully saturated rings. The van der Waals surface area contributed by atoms with Crippen LogP contribution >= 0.6 is 0 Å². The molecule has 3 aromatic rings. The standard InChI is InChI=1S/C17H19N7O/c1-13-7-11-24(23-13)16-3-2-15(21-22-16)19-10-6-17(25)20-12-14-4-8-18-9-5-14/h2-5,7-9,11H,6,10,12H2,1H3,(H,19,21)(H,20,25). The monoisotopic (exact) mass is 337 g/mol. The van der Waals surface area contributed by atoms with Crippen molar-refractivity contribution in [3.63, 3.8) is 0 Å². The third-order valence-electron chi connectivity index (χ3n) is 3.50. The topological polar surface area (TPSA) is 97.6 Å². The summed E-state index contributed by atoms with van der Waals surface area (Å²) in [6.45, 7) is 2.90. The van der Waals surface area contributed by atoms with E-state index in [1.807, 2.05) is 43.5 Å². The molecule has 0 aliphatic rings. The molecule has 8 nitrogen and oxygen atoms in total. The van der Waals surface area contributed by atoms with Gasteiger partial charge in [-0.25, -0.2) is 4.68 Å². The predicted molar refractivity (Wildman–Crippen MR) is 93.1 cm³/mol. The summed E-state index contributed by atoms with van der Waals surface area (Å²) in [4.78, 5) is 15.8. The quantitative estimate of drug-likeness (QED) is 0.678. The summed E-state index contributed by atoms with van der Waals surface area (Å²) in [6, 6.07) is 9.28. The van der Waals surface area contributed by atoms with Gasteiger partial charge in [-0.1, -0.05) is 0 Å². The predicted octanol–water partition coefficient (Wildman–Crippen LogP) is 1.48. The van der Waals surface area contributed by atoms with Crippen LogP contribution in [0.3, 0.4) is 0 Å². The van der Waals surface area contributed by atoms with Gasteiger partial charge < -0.3 is 10.6 Å². The van der Waals surface area contributed by atoms with Gasteiger partial charge in [0.05, 0.1) is 5.69 Å². The van der Waals surface area contributed by atoms with Gasteiger partial charge in [-0.05, 0) is 42.8 Å². The van der Waals surface area contributed by atoms with Gasteiger partial charge in [0.2, 0.25) is 5.91 Å². The molecule has 0 bridgehead atoms. The van der Waals surface area contributed by atoms with Gasteiger partial charge in [-0.2, -0.15) is 5.10 Å². The second-order valence-electron chi connectivity index (χ2n) is 5.49. The summed E-state index contributed by atoms with van der Waals surface area (Å²) < 4.78 is 1.67. The lowest BCUT2D eigenvalue weighted by atomic mass is 10.2. The average molecular weight is 337 g/mol. The van der Waals surface area contributed by atoms with Gasteiger partial charge in [-0.15, -0.1) is 10.2 Å². The van der Waals surface area contributed by atoms with Crippen LogP contribution in [0, 0.1) is 6.92 Å². The second kappa shape index (κ2) is 8.00. The first-order chi connectivity index (χ1) is 12.2. The minimum absolute atomic E-state index is 0.0269. The van der Waals surface area contributed by atoms with Crippen molar-refractivity contribution >= 4 is 11.7 Å². The largest absolute Gasteiger partial charge is 0.368 e. The number of hydrogen-bond donors (Lipinski definition) is 2. The molecular formula is C17H19N7O. The van der Waals surface area contributed by atoms with Crippen molar-refractivity contribution < 1.29 is 4.79 Å². The molecule has 128 valence electrons. The zero-order valence-electron chi connectivity index (χ0n) is 13.9. The number of nitrogens with zero attached hydrogens (tertiary/aromatic N) is 5. The number of hydrogen-bond acceptors (Lipinski definition) is 6. The Morgan fingerprint density at radius 2 is 1.96 bits per heavy atom. The summed E-state index contributed by atoms with van der Waals surface area (Å²) >= 11 is 0. The maximum Gasteiger partial charge on any atom is 0.222 e. The lowest BCUT2D eigenvalue weighted by Crippen LogP contribution is -2.25. The maximum atomic E-state index is 11.8. The number of aryl methyl sites for hydroxylation is 1. The number of anilines is 1. The van der Waals surface area contributed by atoms with Crippen LogP contribution in [0.1, 0.15) is 17.7 Å². The van der Waals surface area contributed by atoms with Crippen molar-refractivity contribution in [1.29, 1.82) is 0 Å². The van der Waals surface area contributed by atoms with Crippen molar-refractivity contribution in [3.05, 3.63) is 60.2 Å². The van der Waals surface area contributed by atoms with Crippen LogP contribution in [-0.2, 0) is 11.3 Å². The fourth-order valence-electron chi connectivity index (χ4n) is 2.18. The van der Waals surface area contributed by atoms with Gasteiger partial charge in [0, 0.05) is 38.1 Å². The minimum Gasteiger partial charge on any atom is -0.368 e. The molecule has 3 aromatic heterocycles. The van der Waals surface area contributed by atoms with Crippen LogP contribution in [0.25, 0.3) is 5.82 Å². The third kappa shape index (κ3) is 4.84. The zero-order chi connectivity index (χ0) is 17.5. The average Bonchev–Trinajstić information content (AvgIpc) is 3.08. The highest BCUT2D eigenvalue weighted by molar-refractivity contribution is 5.76. The Morgan fingerprint density at radius 1 is 1.12 bits per heavy atom. The molecular weight excluding hydrogens is 318 g/mol. The summed E-state index contributed by atoms with van der Waals surface area (Å²) in [5.41, 5.74) is 1.94. The molecule has 0 saturated carbocycles. The highest BCUT2D eigenvalue weighted by atomic mass is 16.1. The lowest BCUT2D eigenvalue weighted by molar-refractivity contribution is -0.121. The zero-order valence-corrected chi connectivity index (χ0v) is 13.9. The van der Waals surface area contributed by atoms with Crippen molar-refractivity contribution in [2.45, 2.75) is 19.9 Å². The molecule has 0 radical (unpaired) electrons. The fourth-order valence-corrected chi connectivity index (χ4v) is 2.18. The molecule has 1 amide bonds. The van der Waals surface area contributed by atoms with E-state index >= 15 is 0 Å². The number of pyridine rings is 1. The Balaban J connectivity index is 1.42. The fraction of sp³-hybridized carbons (Fsp3) is 0.235. The molecule has 0 aliphatic carbocycles. The van der Waals surface area contributed by atoms with E-state index in [2.05, 4.69) is 30.9 Å². The molecule has 2 N–H and O–H groups in total. The molecule has 3 rings (SSSR count). The molecule has 25 heavy (non-hydrogen) atoms. The van der Waals surface area contributed by atoms with Crippen LogP contribution < -0.4 is 10.6 Å². The first kappa shape index (κ1) is 16.6. The SMILES string of the molecule is Cc1ccn(-c2ccc(NCCC(=O)NCc3ccncc3)nn2)n1. The Morgan fingerprint density at radius 3 is 2.64 bits per heavy atom. The highest BCUT2D eigenvalue weighted by Gasteiger charge is 2.04. The Bertz CT molecular complexity index is 815. The minimum atomic E-state index is -0.0269. The number of carbonyl (C=O) groups excluding carboxylic acids is 1. The third-order valence-corrected chi connectivity index (χ3v) is 3.50. The summed E-state index contributed by atoms with van der Waals surface area (Å²) in [6.07, 6.45) is 5.60. The van der Waals surface area contributed by atoms with Crippen molar-refractivity contribution in [2.75, 3.05) is 11.9 Å². The van der Waals surface area contributed by atoms with Crippen LogP contribution in [0.4, 0.5) is 5.82 Å². The first-order valence-corrected chi connectivity index (χ1v) is 7.96. The normalized spacial score (nSPS) is 10.4. The lowest BCUT2D eigenvalue weighted by Gasteiger charge is -2.07. The van der Waals surface area contributed by atoms with E-state index in [1.165, 1.54) is 0 Å². The molecule has 0 aliphatic heterocycles. The van der Waals surface area contributed by atoms with Crippen LogP contribution in [0.2, 0.25) is 0 Å². The van der Waals surface area contributed by atoms with E-state index in [9.17, 15) is 4.79 Å². The Labute approximate surface area is 145 Å². The maximum absolute atomic E-state index is 11.8.